The number of hydrogen-bond acceptors (Lipinski definition) is 2. The summed E-state index contributed by atoms with van der Waals surface area (Å²) in [5.74, 6) is 0.881. The Bertz CT molecular complexity index is 579. The zero-order valence-electron chi connectivity index (χ0n) is 13.4. The summed E-state index contributed by atoms with van der Waals surface area (Å²) in [6.07, 6.45) is 6.72. The molecule has 3 nitrogen and oxygen atoms in total. The molecule has 2 aromatic rings. The highest BCUT2D eigenvalue weighted by atomic mass is 15.2. The summed E-state index contributed by atoms with van der Waals surface area (Å²) in [7, 11) is 0. The van der Waals surface area contributed by atoms with Crippen LogP contribution in [0.1, 0.15) is 43.8 Å². The lowest BCUT2D eigenvalue weighted by atomic mass is 9.93. The highest BCUT2D eigenvalue weighted by Crippen LogP contribution is 2.33. The van der Waals surface area contributed by atoms with E-state index >= 15 is 0 Å². The predicted molar refractivity (Wildman–Crippen MR) is 92.1 cm³/mol. The summed E-state index contributed by atoms with van der Waals surface area (Å²) in [6.45, 7) is 4.96. The maximum atomic E-state index is 3.68. The second-order valence-electron chi connectivity index (χ2n) is 7.01. The second kappa shape index (κ2) is 6.43. The normalized spacial score (nSPS) is 24.8. The van der Waals surface area contributed by atoms with E-state index in [-0.39, 0.29) is 0 Å². The van der Waals surface area contributed by atoms with Gasteiger partial charge in [0.2, 0.25) is 0 Å². The smallest absolute Gasteiger partial charge is 0.0498 e. The van der Waals surface area contributed by atoms with Gasteiger partial charge in [0.1, 0.15) is 0 Å². The number of H-pyrrole nitrogens is 1. The van der Waals surface area contributed by atoms with Crippen molar-refractivity contribution in [3.63, 3.8) is 0 Å². The largest absolute Gasteiger partial charge is 0.357 e. The third-order valence-electron chi connectivity index (χ3n) is 5.47. The van der Waals surface area contributed by atoms with Gasteiger partial charge in [0.05, 0.1) is 0 Å². The van der Waals surface area contributed by atoms with Crippen LogP contribution in [-0.2, 0) is 0 Å². The number of fused-ring (bicyclic) bond motifs is 1. The molecule has 1 atom stereocenters. The number of hydrogen-bond donors (Lipinski definition) is 2. The van der Waals surface area contributed by atoms with Crippen LogP contribution in [0.5, 0.6) is 0 Å². The van der Waals surface area contributed by atoms with Crippen LogP contribution in [0.15, 0.2) is 30.3 Å². The molecule has 0 radical (unpaired) electrons. The van der Waals surface area contributed by atoms with E-state index in [1.807, 2.05) is 0 Å². The number of rotatable bonds is 3. The average Bonchev–Trinajstić information content (AvgIpc) is 3.00. The third-order valence-corrected chi connectivity index (χ3v) is 5.47. The number of likely N-dealkylation sites (tertiary alicyclic amines) is 1. The molecule has 22 heavy (non-hydrogen) atoms. The Morgan fingerprint density at radius 3 is 2.77 bits per heavy atom. The first-order valence-electron chi connectivity index (χ1n) is 8.92. The van der Waals surface area contributed by atoms with Crippen LogP contribution in [0.2, 0.25) is 0 Å². The van der Waals surface area contributed by atoms with Gasteiger partial charge in [-0.15, -0.1) is 0 Å². The van der Waals surface area contributed by atoms with Crippen molar-refractivity contribution in [3.8, 4) is 0 Å². The van der Waals surface area contributed by atoms with Gasteiger partial charge in [-0.2, -0.15) is 0 Å². The predicted octanol–water partition coefficient (Wildman–Crippen LogP) is 3.69. The zero-order chi connectivity index (χ0) is 14.8. The molecule has 0 bridgehead atoms. The van der Waals surface area contributed by atoms with E-state index in [0.717, 1.165) is 5.92 Å². The standard InChI is InChI=1S/C19H27N3/c1-2-6-17-16(5-1)13-18(21-17)19-7-3-4-12-22(19)14-15-8-10-20-11-9-15/h1-2,5-6,13,15,19-21H,3-4,7-12,14H2. The van der Waals surface area contributed by atoms with Crippen molar-refractivity contribution in [1.82, 2.24) is 15.2 Å². The Labute approximate surface area is 133 Å². The summed E-state index contributed by atoms with van der Waals surface area (Å²) < 4.78 is 0. The molecule has 4 rings (SSSR count). The van der Waals surface area contributed by atoms with Crippen LogP contribution in [0.3, 0.4) is 0 Å². The highest BCUT2D eigenvalue weighted by Gasteiger charge is 2.27. The summed E-state index contributed by atoms with van der Waals surface area (Å²) in [6, 6.07) is 11.6. The molecule has 118 valence electrons. The first-order chi connectivity index (χ1) is 10.9. The summed E-state index contributed by atoms with van der Waals surface area (Å²) in [4.78, 5) is 6.43. The van der Waals surface area contributed by atoms with E-state index in [1.54, 1.807) is 0 Å². The lowest BCUT2D eigenvalue weighted by Gasteiger charge is -2.38. The van der Waals surface area contributed by atoms with Gasteiger partial charge in [0, 0.05) is 23.8 Å². The Kier molecular flexibility index (Phi) is 4.17. The molecule has 0 aliphatic carbocycles. The molecule has 0 spiro atoms. The van der Waals surface area contributed by atoms with Crippen LogP contribution in [0.25, 0.3) is 10.9 Å². The van der Waals surface area contributed by atoms with Gasteiger partial charge >= 0.3 is 0 Å². The van der Waals surface area contributed by atoms with Crippen molar-refractivity contribution in [1.29, 1.82) is 0 Å². The topological polar surface area (TPSA) is 31.1 Å². The van der Waals surface area contributed by atoms with E-state index in [0.29, 0.717) is 6.04 Å². The first-order valence-corrected chi connectivity index (χ1v) is 8.92. The number of aromatic nitrogens is 1. The Hall–Kier alpha value is -1.32. The molecule has 0 amide bonds. The van der Waals surface area contributed by atoms with Crippen molar-refractivity contribution in [3.05, 3.63) is 36.0 Å². The number of nitrogens with one attached hydrogen (secondary N) is 2. The van der Waals surface area contributed by atoms with Gasteiger partial charge in [0.15, 0.2) is 0 Å². The van der Waals surface area contributed by atoms with E-state index in [4.69, 9.17) is 0 Å². The Morgan fingerprint density at radius 2 is 1.91 bits per heavy atom. The van der Waals surface area contributed by atoms with Crippen LogP contribution in [-0.4, -0.2) is 36.1 Å². The third kappa shape index (κ3) is 2.92. The molecule has 2 fully saturated rings. The van der Waals surface area contributed by atoms with Crippen LogP contribution < -0.4 is 5.32 Å². The minimum atomic E-state index is 0.594. The van der Waals surface area contributed by atoms with E-state index in [2.05, 4.69) is 45.5 Å². The molecule has 2 aliphatic rings. The van der Waals surface area contributed by atoms with Crippen molar-refractivity contribution in [2.24, 2.45) is 5.92 Å². The van der Waals surface area contributed by atoms with Gasteiger partial charge in [-0.05, 0) is 68.8 Å². The van der Waals surface area contributed by atoms with Crippen LogP contribution in [0, 0.1) is 5.92 Å². The molecule has 1 unspecified atom stereocenters. The van der Waals surface area contributed by atoms with E-state index in [1.165, 1.54) is 74.9 Å². The van der Waals surface area contributed by atoms with Gasteiger partial charge in [-0.25, -0.2) is 0 Å². The fourth-order valence-electron chi connectivity index (χ4n) is 4.23. The Balaban J connectivity index is 1.54. The molecule has 1 aromatic carbocycles. The van der Waals surface area contributed by atoms with Crippen molar-refractivity contribution in [2.45, 2.75) is 38.1 Å². The van der Waals surface area contributed by atoms with E-state index < -0.39 is 0 Å². The molecule has 3 heterocycles. The van der Waals surface area contributed by atoms with E-state index in [9.17, 15) is 0 Å². The van der Waals surface area contributed by atoms with Crippen LogP contribution in [0.4, 0.5) is 0 Å². The SMILES string of the molecule is c1ccc2[nH]c(C3CCCCN3CC3CCNCC3)cc2c1. The summed E-state index contributed by atoms with van der Waals surface area (Å²) >= 11 is 0. The fraction of sp³-hybridized carbons (Fsp3) is 0.579. The molecule has 1 aromatic heterocycles. The second-order valence-corrected chi connectivity index (χ2v) is 7.01. The van der Waals surface area contributed by atoms with Gasteiger partial charge in [-0.3, -0.25) is 4.90 Å². The zero-order valence-corrected chi connectivity index (χ0v) is 13.4. The number of benzene rings is 1. The number of nitrogens with zero attached hydrogens (tertiary/aromatic N) is 1. The minimum absolute atomic E-state index is 0.594. The lowest BCUT2D eigenvalue weighted by molar-refractivity contribution is 0.113. The minimum Gasteiger partial charge on any atom is -0.357 e. The fourth-order valence-corrected chi connectivity index (χ4v) is 4.23. The molecule has 2 saturated heterocycles. The number of para-hydroxylation sites is 1. The maximum absolute atomic E-state index is 3.68. The maximum Gasteiger partial charge on any atom is 0.0498 e. The molecular weight excluding hydrogens is 270 g/mol. The molecule has 2 aliphatic heterocycles. The summed E-state index contributed by atoms with van der Waals surface area (Å²) in [5, 5.41) is 4.84. The number of aromatic amines is 1. The van der Waals surface area contributed by atoms with Crippen molar-refractivity contribution in [2.75, 3.05) is 26.2 Å². The summed E-state index contributed by atoms with van der Waals surface area (Å²) in [5.41, 5.74) is 2.71. The monoisotopic (exact) mass is 297 g/mol. The Morgan fingerprint density at radius 1 is 1.05 bits per heavy atom. The lowest BCUT2D eigenvalue weighted by Crippen LogP contribution is -2.40. The average molecular weight is 297 g/mol. The molecule has 2 N–H and O–H groups in total. The highest BCUT2D eigenvalue weighted by molar-refractivity contribution is 5.80. The quantitative estimate of drug-likeness (QED) is 0.905. The van der Waals surface area contributed by atoms with Crippen molar-refractivity contribution < 1.29 is 0 Å². The van der Waals surface area contributed by atoms with Crippen molar-refractivity contribution >= 4 is 10.9 Å². The van der Waals surface area contributed by atoms with Gasteiger partial charge in [-0.1, -0.05) is 24.6 Å². The van der Waals surface area contributed by atoms with Gasteiger partial charge in [0.25, 0.3) is 0 Å². The number of piperidine rings is 2. The molecular formula is C19H27N3. The molecule has 0 saturated carbocycles. The van der Waals surface area contributed by atoms with Gasteiger partial charge < -0.3 is 10.3 Å². The van der Waals surface area contributed by atoms with Crippen LogP contribution >= 0.6 is 0 Å². The first kappa shape index (κ1) is 14.3. The molecule has 3 heteroatoms.